The Morgan fingerprint density at radius 1 is 1.13 bits per heavy atom. The number of ketones is 1. The van der Waals surface area contributed by atoms with Gasteiger partial charge in [0.2, 0.25) is 0 Å². The van der Waals surface area contributed by atoms with Crippen LogP contribution < -0.4 is 0 Å². The van der Waals surface area contributed by atoms with Crippen LogP contribution in [0.1, 0.15) is 45.4 Å². The molecule has 0 aromatic rings. The van der Waals surface area contributed by atoms with Gasteiger partial charge in [0.1, 0.15) is 12.2 Å². The van der Waals surface area contributed by atoms with Crippen LogP contribution >= 0.6 is 0 Å². The minimum absolute atomic E-state index is 0.171. The Balaban J connectivity index is 3.30. The van der Waals surface area contributed by atoms with Crippen LogP contribution in [0.15, 0.2) is 0 Å². The minimum Gasteiger partial charge on any atom is -0.468 e. The highest BCUT2D eigenvalue weighted by Crippen LogP contribution is 2.02. The highest BCUT2D eigenvalue weighted by molar-refractivity contribution is 5.75. The van der Waals surface area contributed by atoms with Crippen LogP contribution in [-0.4, -0.2) is 18.9 Å². The number of ether oxygens (including phenoxy) is 1. The Bertz CT molecular complexity index is 258. The van der Waals surface area contributed by atoms with Gasteiger partial charge < -0.3 is 9.53 Å². The summed E-state index contributed by atoms with van der Waals surface area (Å²) in [6, 6.07) is 0. The molecule has 3 nitrogen and oxygen atoms in total. The number of esters is 1. The lowest BCUT2D eigenvalue weighted by Gasteiger charge is -1.94. The average molecular weight is 210 g/mol. The van der Waals surface area contributed by atoms with Crippen molar-refractivity contribution in [1.82, 2.24) is 0 Å². The fourth-order valence-corrected chi connectivity index (χ4v) is 1.06. The maximum absolute atomic E-state index is 10.7. The molecule has 0 saturated carbocycles. The van der Waals surface area contributed by atoms with Crippen LogP contribution in [0.25, 0.3) is 0 Å². The number of rotatable bonds is 6. The zero-order chi connectivity index (χ0) is 11.5. The Labute approximate surface area is 91.2 Å². The summed E-state index contributed by atoms with van der Waals surface area (Å²) in [6.07, 6.45) is 4.57. The van der Waals surface area contributed by atoms with E-state index in [1.165, 1.54) is 7.11 Å². The van der Waals surface area contributed by atoms with Crippen molar-refractivity contribution in [2.45, 2.75) is 45.4 Å². The molecule has 0 saturated heterocycles. The molecule has 0 bridgehead atoms. The fourth-order valence-electron chi connectivity index (χ4n) is 1.06. The summed E-state index contributed by atoms with van der Waals surface area (Å²) in [5, 5.41) is 0. The number of Topliss-reactive ketones (excluding diaryl/α,β-unsaturated/α-hetero) is 1. The third kappa shape index (κ3) is 10.6. The van der Waals surface area contributed by atoms with Crippen molar-refractivity contribution in [3.05, 3.63) is 0 Å². The first-order chi connectivity index (χ1) is 7.16. The van der Waals surface area contributed by atoms with Crippen LogP contribution in [0.4, 0.5) is 0 Å². The number of methoxy groups -OCH3 is 1. The number of carbonyl (C=O) groups excluding carboxylic acids is 2. The lowest BCUT2D eigenvalue weighted by molar-refractivity contribution is -0.139. The molecule has 0 fully saturated rings. The highest BCUT2D eigenvalue weighted by atomic mass is 16.5. The van der Waals surface area contributed by atoms with Gasteiger partial charge >= 0.3 is 5.97 Å². The number of hydrogen-bond acceptors (Lipinski definition) is 3. The molecule has 3 heteroatoms. The normalized spacial score (nSPS) is 8.93. The first-order valence-corrected chi connectivity index (χ1v) is 5.18. The van der Waals surface area contributed by atoms with Crippen molar-refractivity contribution in [1.29, 1.82) is 0 Å². The summed E-state index contributed by atoms with van der Waals surface area (Å²) in [6.45, 7) is 1.61. The van der Waals surface area contributed by atoms with Gasteiger partial charge in [0, 0.05) is 12.8 Å². The minimum atomic E-state index is -0.293. The second kappa shape index (κ2) is 9.26. The molecule has 0 heterocycles. The Morgan fingerprint density at radius 2 is 1.87 bits per heavy atom. The van der Waals surface area contributed by atoms with Crippen molar-refractivity contribution in [2.75, 3.05) is 7.11 Å². The average Bonchev–Trinajstić information content (AvgIpc) is 2.21. The van der Waals surface area contributed by atoms with E-state index < -0.39 is 0 Å². The third-order valence-corrected chi connectivity index (χ3v) is 1.92. The van der Waals surface area contributed by atoms with Crippen LogP contribution in [0.5, 0.6) is 0 Å². The summed E-state index contributed by atoms with van der Waals surface area (Å²) in [5.74, 6) is 5.60. The van der Waals surface area contributed by atoms with E-state index in [9.17, 15) is 9.59 Å². The van der Waals surface area contributed by atoms with Crippen LogP contribution in [0.3, 0.4) is 0 Å². The number of carbonyl (C=O) groups is 2. The quantitative estimate of drug-likeness (QED) is 0.383. The van der Waals surface area contributed by atoms with E-state index in [0.29, 0.717) is 6.42 Å². The van der Waals surface area contributed by atoms with Crippen LogP contribution in [-0.2, 0) is 14.3 Å². The monoisotopic (exact) mass is 210 g/mol. The van der Waals surface area contributed by atoms with Gasteiger partial charge in [0.25, 0.3) is 0 Å². The van der Waals surface area contributed by atoms with Gasteiger partial charge in [0.15, 0.2) is 0 Å². The van der Waals surface area contributed by atoms with E-state index in [-0.39, 0.29) is 18.2 Å². The lowest BCUT2D eigenvalue weighted by atomic mass is 10.1. The van der Waals surface area contributed by atoms with E-state index in [1.54, 1.807) is 6.92 Å². The molecule has 0 aromatic heterocycles. The van der Waals surface area contributed by atoms with Gasteiger partial charge in [-0.25, -0.2) is 0 Å². The zero-order valence-corrected chi connectivity index (χ0v) is 9.47. The molecule has 0 aliphatic rings. The smallest absolute Gasteiger partial charge is 0.317 e. The third-order valence-electron chi connectivity index (χ3n) is 1.92. The summed E-state index contributed by atoms with van der Waals surface area (Å²) in [5.41, 5.74) is 0. The molecule has 0 amide bonds. The second-order valence-corrected chi connectivity index (χ2v) is 3.37. The van der Waals surface area contributed by atoms with E-state index in [0.717, 1.165) is 25.7 Å². The predicted molar refractivity (Wildman–Crippen MR) is 58.2 cm³/mol. The van der Waals surface area contributed by atoms with Gasteiger partial charge in [-0.2, -0.15) is 0 Å². The van der Waals surface area contributed by atoms with Gasteiger partial charge in [-0.15, -0.1) is 5.92 Å². The Kier molecular flexibility index (Phi) is 8.46. The fraction of sp³-hybridized carbons (Fsp3) is 0.667. The molecule has 15 heavy (non-hydrogen) atoms. The molecule has 0 spiro atoms. The molecule has 0 aromatic carbocycles. The Hall–Kier alpha value is -1.30. The maximum atomic E-state index is 10.7. The van der Waals surface area contributed by atoms with Gasteiger partial charge in [-0.1, -0.05) is 12.3 Å². The second-order valence-electron chi connectivity index (χ2n) is 3.37. The van der Waals surface area contributed by atoms with Crippen molar-refractivity contribution < 1.29 is 14.3 Å². The molecule has 0 aliphatic carbocycles. The lowest BCUT2D eigenvalue weighted by Crippen LogP contribution is -1.96. The molecule has 0 rings (SSSR count). The molecule has 0 N–H and O–H groups in total. The first kappa shape index (κ1) is 13.7. The Morgan fingerprint density at radius 3 is 2.47 bits per heavy atom. The largest absolute Gasteiger partial charge is 0.468 e. The van der Waals surface area contributed by atoms with E-state index in [2.05, 4.69) is 16.6 Å². The van der Waals surface area contributed by atoms with Crippen LogP contribution in [0.2, 0.25) is 0 Å². The SMILES string of the molecule is COC(=O)CC#CCCCCCC(C)=O. The number of hydrogen-bond donors (Lipinski definition) is 0. The summed E-state index contributed by atoms with van der Waals surface area (Å²) in [7, 11) is 1.35. The summed E-state index contributed by atoms with van der Waals surface area (Å²) < 4.78 is 4.44. The number of unbranched alkanes of at least 4 members (excludes halogenated alkanes) is 3. The highest BCUT2D eigenvalue weighted by Gasteiger charge is 1.94. The molecule has 0 atom stereocenters. The molecule has 0 radical (unpaired) electrons. The zero-order valence-electron chi connectivity index (χ0n) is 9.47. The van der Waals surface area contributed by atoms with Crippen molar-refractivity contribution in [2.24, 2.45) is 0 Å². The maximum Gasteiger partial charge on any atom is 0.317 e. The molecule has 84 valence electrons. The topological polar surface area (TPSA) is 43.4 Å². The van der Waals surface area contributed by atoms with E-state index in [4.69, 9.17) is 0 Å². The summed E-state index contributed by atoms with van der Waals surface area (Å²) >= 11 is 0. The van der Waals surface area contributed by atoms with Gasteiger partial charge in [-0.3, -0.25) is 4.79 Å². The van der Waals surface area contributed by atoms with Gasteiger partial charge in [-0.05, 0) is 19.8 Å². The van der Waals surface area contributed by atoms with Gasteiger partial charge in [0.05, 0.1) is 7.11 Å². The first-order valence-electron chi connectivity index (χ1n) is 5.18. The van der Waals surface area contributed by atoms with Crippen molar-refractivity contribution >= 4 is 11.8 Å². The van der Waals surface area contributed by atoms with Crippen molar-refractivity contribution in [3.63, 3.8) is 0 Å². The van der Waals surface area contributed by atoms with Crippen molar-refractivity contribution in [3.8, 4) is 11.8 Å². The molecular formula is C12H18O3. The predicted octanol–water partition coefficient (Wildman–Crippen LogP) is 2.09. The molecule has 0 unspecified atom stereocenters. The van der Waals surface area contributed by atoms with E-state index >= 15 is 0 Å². The van der Waals surface area contributed by atoms with E-state index in [1.807, 2.05) is 0 Å². The molecule has 0 aliphatic heterocycles. The standard InChI is InChI=1S/C12H18O3/c1-11(13)9-7-5-3-4-6-8-10-12(14)15-2/h3-5,7,9-10H2,1-2H3. The van der Waals surface area contributed by atoms with Crippen LogP contribution in [0, 0.1) is 11.8 Å². The summed E-state index contributed by atoms with van der Waals surface area (Å²) in [4.78, 5) is 21.3. The molecular weight excluding hydrogens is 192 g/mol.